The van der Waals surface area contributed by atoms with Crippen LogP contribution in [0, 0.1) is 0 Å². The number of benzene rings is 4. The molecule has 198 valence electrons. The molecular formula is C32H29ClN2O4. The first kappa shape index (κ1) is 25.1. The highest BCUT2D eigenvalue weighted by Gasteiger charge is 2.41. The number of nitrogens with zero attached hydrogens (tertiary/aromatic N) is 2. The maximum Gasteiger partial charge on any atom is 0.214 e. The molecule has 0 aliphatic carbocycles. The van der Waals surface area contributed by atoms with Crippen LogP contribution in [-0.2, 0) is 6.61 Å². The fourth-order valence-corrected chi connectivity index (χ4v) is 5.24. The standard InChI is InChI=1S/C32H29ClN2O4/c1-3-37-25-13-9-22(10-14-25)27-19-28-26-18-24(33)12-16-29(26)39-32(35(28)34-27)23-11-15-30(31(17-23)36-2)38-20-21-7-5-4-6-8-21/h4-18,28,32H,3,19-20H2,1-2H3/t28-,32+/m0/s1. The summed E-state index contributed by atoms with van der Waals surface area (Å²) in [4.78, 5) is 0. The van der Waals surface area contributed by atoms with Crippen molar-refractivity contribution in [1.29, 1.82) is 0 Å². The minimum atomic E-state index is -0.444. The first-order valence-corrected chi connectivity index (χ1v) is 13.4. The van der Waals surface area contributed by atoms with Crippen LogP contribution >= 0.6 is 11.6 Å². The highest BCUT2D eigenvalue weighted by molar-refractivity contribution is 6.30. The Morgan fingerprint density at radius 2 is 1.74 bits per heavy atom. The second kappa shape index (κ2) is 10.9. The molecule has 0 saturated carbocycles. The number of methoxy groups -OCH3 is 1. The molecule has 0 N–H and O–H groups in total. The topological polar surface area (TPSA) is 52.5 Å². The summed E-state index contributed by atoms with van der Waals surface area (Å²) in [6.07, 6.45) is 0.289. The van der Waals surface area contributed by atoms with Crippen molar-refractivity contribution in [3.05, 3.63) is 118 Å². The van der Waals surface area contributed by atoms with Gasteiger partial charge in [0.25, 0.3) is 0 Å². The fraction of sp³-hybridized carbons (Fsp3) is 0.219. The molecule has 0 saturated heterocycles. The number of hydrogen-bond donors (Lipinski definition) is 0. The molecule has 2 aliphatic rings. The second-order valence-corrected chi connectivity index (χ2v) is 9.88. The lowest BCUT2D eigenvalue weighted by atomic mass is 9.96. The molecule has 7 heteroatoms. The average molecular weight is 541 g/mol. The molecule has 4 aromatic carbocycles. The molecule has 2 atom stereocenters. The van der Waals surface area contributed by atoms with Gasteiger partial charge in [-0.1, -0.05) is 41.9 Å². The highest BCUT2D eigenvalue weighted by Crippen LogP contribution is 2.49. The smallest absolute Gasteiger partial charge is 0.214 e. The van der Waals surface area contributed by atoms with E-state index in [0.29, 0.717) is 29.7 Å². The SMILES string of the molecule is CCOc1ccc(C2=NN3[C@@H](c4ccc(OCc5ccccc5)c(OC)c4)Oc4ccc(Cl)cc4[C@@H]3C2)cc1. The van der Waals surface area contributed by atoms with Crippen LogP contribution in [0.3, 0.4) is 0 Å². The van der Waals surface area contributed by atoms with Gasteiger partial charge in [0.05, 0.1) is 25.5 Å². The van der Waals surface area contributed by atoms with E-state index in [1.165, 1.54) is 0 Å². The van der Waals surface area contributed by atoms with Crippen LogP contribution in [0.5, 0.6) is 23.0 Å². The molecule has 0 fully saturated rings. The van der Waals surface area contributed by atoms with E-state index in [4.69, 9.17) is 35.6 Å². The lowest BCUT2D eigenvalue weighted by Gasteiger charge is -2.38. The van der Waals surface area contributed by atoms with Crippen molar-refractivity contribution in [1.82, 2.24) is 5.01 Å². The lowest BCUT2D eigenvalue weighted by Crippen LogP contribution is -2.33. The van der Waals surface area contributed by atoms with Crippen molar-refractivity contribution >= 4 is 17.3 Å². The zero-order valence-electron chi connectivity index (χ0n) is 21.8. The van der Waals surface area contributed by atoms with Crippen LogP contribution in [0.25, 0.3) is 0 Å². The van der Waals surface area contributed by atoms with Gasteiger partial charge in [-0.2, -0.15) is 5.10 Å². The van der Waals surface area contributed by atoms with Gasteiger partial charge < -0.3 is 18.9 Å². The van der Waals surface area contributed by atoms with Gasteiger partial charge in [-0.15, -0.1) is 0 Å². The molecular weight excluding hydrogens is 512 g/mol. The van der Waals surface area contributed by atoms with Crippen LogP contribution in [0.1, 0.15) is 47.9 Å². The predicted molar refractivity (Wildman–Crippen MR) is 152 cm³/mol. The normalized spacial score (nSPS) is 17.5. The summed E-state index contributed by atoms with van der Waals surface area (Å²) in [6.45, 7) is 3.06. The van der Waals surface area contributed by atoms with Crippen molar-refractivity contribution in [2.24, 2.45) is 5.10 Å². The van der Waals surface area contributed by atoms with Gasteiger partial charge in [-0.3, -0.25) is 0 Å². The zero-order chi connectivity index (χ0) is 26.8. The number of hydrazone groups is 1. The van der Waals surface area contributed by atoms with Crippen molar-refractivity contribution in [3.63, 3.8) is 0 Å². The first-order valence-electron chi connectivity index (χ1n) is 13.0. The Kier molecular flexibility index (Phi) is 7.03. The summed E-state index contributed by atoms with van der Waals surface area (Å²) in [5.74, 6) is 2.96. The monoisotopic (exact) mass is 540 g/mol. The summed E-state index contributed by atoms with van der Waals surface area (Å²) in [5, 5.41) is 7.77. The van der Waals surface area contributed by atoms with Crippen LogP contribution in [0.15, 0.2) is 96.1 Å². The first-order chi connectivity index (χ1) is 19.1. The summed E-state index contributed by atoms with van der Waals surface area (Å²) in [6, 6.07) is 29.8. The number of halogens is 1. The highest BCUT2D eigenvalue weighted by atomic mass is 35.5. The van der Waals surface area contributed by atoms with Crippen LogP contribution in [0.2, 0.25) is 5.02 Å². The lowest BCUT2D eigenvalue weighted by molar-refractivity contribution is -0.0191. The molecule has 0 radical (unpaired) electrons. The molecule has 0 amide bonds. The van der Waals surface area contributed by atoms with Crippen LogP contribution in [0.4, 0.5) is 0 Å². The molecule has 4 aromatic rings. The quantitative estimate of drug-likeness (QED) is 0.231. The van der Waals surface area contributed by atoms with E-state index in [0.717, 1.165) is 45.9 Å². The third-order valence-corrected chi connectivity index (χ3v) is 7.20. The van der Waals surface area contributed by atoms with E-state index in [1.807, 2.05) is 90.8 Å². The van der Waals surface area contributed by atoms with Gasteiger partial charge in [0.2, 0.25) is 6.23 Å². The summed E-state index contributed by atoms with van der Waals surface area (Å²) in [5.41, 5.74) is 5.07. The van der Waals surface area contributed by atoms with Gasteiger partial charge >= 0.3 is 0 Å². The van der Waals surface area contributed by atoms with Gasteiger partial charge in [0.1, 0.15) is 18.1 Å². The molecule has 0 spiro atoms. The van der Waals surface area contributed by atoms with E-state index < -0.39 is 6.23 Å². The third kappa shape index (κ3) is 5.12. The Labute approximate surface area is 233 Å². The van der Waals surface area contributed by atoms with Crippen LogP contribution in [-0.4, -0.2) is 24.4 Å². The maximum absolute atomic E-state index is 6.53. The van der Waals surface area contributed by atoms with E-state index in [1.54, 1.807) is 7.11 Å². The molecule has 39 heavy (non-hydrogen) atoms. The third-order valence-electron chi connectivity index (χ3n) is 6.96. The van der Waals surface area contributed by atoms with Gasteiger partial charge in [0.15, 0.2) is 11.5 Å². The minimum Gasteiger partial charge on any atom is -0.494 e. The van der Waals surface area contributed by atoms with Gasteiger partial charge in [-0.05, 0) is 78.7 Å². The zero-order valence-corrected chi connectivity index (χ0v) is 22.6. The Morgan fingerprint density at radius 1 is 0.923 bits per heavy atom. The average Bonchev–Trinajstić information content (AvgIpc) is 3.43. The molecule has 0 aromatic heterocycles. The second-order valence-electron chi connectivity index (χ2n) is 9.44. The Morgan fingerprint density at radius 3 is 2.51 bits per heavy atom. The fourth-order valence-electron chi connectivity index (χ4n) is 5.06. The van der Waals surface area contributed by atoms with Crippen molar-refractivity contribution in [2.45, 2.75) is 32.2 Å². The molecule has 2 aliphatic heterocycles. The molecule has 0 bridgehead atoms. The Balaban J connectivity index is 1.32. The molecule has 0 unspecified atom stereocenters. The number of hydrogen-bond acceptors (Lipinski definition) is 6. The summed E-state index contributed by atoms with van der Waals surface area (Å²) in [7, 11) is 1.65. The van der Waals surface area contributed by atoms with E-state index in [9.17, 15) is 0 Å². The van der Waals surface area contributed by atoms with E-state index >= 15 is 0 Å². The maximum atomic E-state index is 6.53. The van der Waals surface area contributed by atoms with Crippen molar-refractivity contribution in [3.8, 4) is 23.0 Å². The Hall–Kier alpha value is -4.16. The largest absolute Gasteiger partial charge is 0.494 e. The van der Waals surface area contributed by atoms with E-state index in [2.05, 4.69) is 12.1 Å². The van der Waals surface area contributed by atoms with Gasteiger partial charge in [-0.25, -0.2) is 5.01 Å². The van der Waals surface area contributed by atoms with Crippen LogP contribution < -0.4 is 18.9 Å². The number of rotatable bonds is 8. The van der Waals surface area contributed by atoms with Gasteiger partial charge in [0, 0.05) is 22.6 Å². The minimum absolute atomic E-state index is 0.0148. The number of ether oxygens (including phenoxy) is 4. The molecule has 2 heterocycles. The predicted octanol–water partition coefficient (Wildman–Crippen LogP) is 7.57. The Bertz CT molecular complexity index is 1490. The van der Waals surface area contributed by atoms with Crippen molar-refractivity contribution < 1.29 is 18.9 Å². The van der Waals surface area contributed by atoms with E-state index in [-0.39, 0.29) is 6.04 Å². The summed E-state index contributed by atoms with van der Waals surface area (Å²) < 4.78 is 24.0. The summed E-state index contributed by atoms with van der Waals surface area (Å²) >= 11 is 6.40. The number of fused-ring (bicyclic) bond motifs is 3. The molecule has 6 nitrogen and oxygen atoms in total. The van der Waals surface area contributed by atoms with Crippen molar-refractivity contribution in [2.75, 3.05) is 13.7 Å². The molecule has 6 rings (SSSR count).